The number of halogens is 3. The summed E-state index contributed by atoms with van der Waals surface area (Å²) in [6.45, 7) is 4.04. The van der Waals surface area contributed by atoms with E-state index < -0.39 is 6.43 Å². The van der Waals surface area contributed by atoms with Crippen molar-refractivity contribution in [2.75, 3.05) is 25.2 Å². The molecule has 2 unspecified atom stereocenters. The molecule has 3 aliphatic rings. The van der Waals surface area contributed by atoms with Crippen LogP contribution in [0.25, 0.3) is 11.5 Å². The normalized spacial score (nSPS) is 22.7. The van der Waals surface area contributed by atoms with Gasteiger partial charge in [-0.3, -0.25) is 4.99 Å². The minimum atomic E-state index is -2.49. The topological polar surface area (TPSA) is 68.4 Å². The van der Waals surface area contributed by atoms with E-state index in [-0.39, 0.29) is 17.4 Å². The number of rotatable bonds is 5. The van der Waals surface area contributed by atoms with Crippen LogP contribution in [0.2, 0.25) is 0 Å². The van der Waals surface area contributed by atoms with E-state index in [9.17, 15) is 8.78 Å². The molecule has 10 heteroatoms. The monoisotopic (exact) mass is 518 g/mol. The minimum Gasteiger partial charge on any atom is -0.480 e. The van der Waals surface area contributed by atoms with Crippen molar-refractivity contribution in [3.8, 4) is 17.4 Å². The molecule has 7 nitrogen and oxygen atoms in total. The Morgan fingerprint density at radius 1 is 1.21 bits per heavy atom. The van der Waals surface area contributed by atoms with Gasteiger partial charge < -0.3 is 9.64 Å². The summed E-state index contributed by atoms with van der Waals surface area (Å²) in [5.41, 5.74) is 2.70. The van der Waals surface area contributed by atoms with Crippen LogP contribution in [0.15, 0.2) is 39.3 Å². The van der Waals surface area contributed by atoms with Gasteiger partial charge in [-0.15, -0.1) is 5.10 Å². The summed E-state index contributed by atoms with van der Waals surface area (Å²) in [7, 11) is 1.59. The highest BCUT2D eigenvalue weighted by molar-refractivity contribution is 9.11. The van der Waals surface area contributed by atoms with Gasteiger partial charge in [0.05, 0.1) is 13.7 Å². The molecule has 0 fully saturated rings. The molecule has 0 spiro atoms. The largest absolute Gasteiger partial charge is 0.480 e. The quantitative estimate of drug-likeness (QED) is 0.559. The molecule has 33 heavy (non-hydrogen) atoms. The number of hydrogen-bond donors (Lipinski definition) is 0. The lowest BCUT2D eigenvalue weighted by atomic mass is 9.77. The summed E-state index contributed by atoms with van der Waals surface area (Å²) in [5, 5.41) is 4.69. The Kier molecular flexibility index (Phi) is 6.03. The lowest BCUT2D eigenvalue weighted by molar-refractivity contribution is 0.164. The molecule has 5 rings (SSSR count). The van der Waals surface area contributed by atoms with Gasteiger partial charge in [-0.25, -0.2) is 23.4 Å². The molecule has 0 aromatic carbocycles. The highest BCUT2D eigenvalue weighted by Gasteiger charge is 2.37. The molecule has 0 saturated carbocycles. The van der Waals surface area contributed by atoms with Gasteiger partial charge in [0.15, 0.2) is 5.82 Å². The first-order valence-electron chi connectivity index (χ1n) is 11.0. The number of ether oxygens (including phenoxy) is 1. The van der Waals surface area contributed by atoms with Gasteiger partial charge in [-0.05, 0) is 50.3 Å². The van der Waals surface area contributed by atoms with Crippen LogP contribution in [0.4, 0.5) is 14.5 Å². The number of aromatic nitrogens is 4. The van der Waals surface area contributed by atoms with Crippen molar-refractivity contribution in [3.05, 3.63) is 40.2 Å². The fraction of sp³-hybridized carbons (Fsp3) is 0.478. The fourth-order valence-electron chi connectivity index (χ4n) is 4.89. The first kappa shape index (κ1) is 22.2. The predicted molar refractivity (Wildman–Crippen MR) is 126 cm³/mol. The second kappa shape index (κ2) is 8.96. The summed E-state index contributed by atoms with van der Waals surface area (Å²) in [6.07, 6.45) is 3.27. The van der Waals surface area contributed by atoms with Crippen LogP contribution in [0, 0.1) is 5.92 Å². The van der Waals surface area contributed by atoms with Gasteiger partial charge in [-0.2, -0.15) is 0 Å². The standard InChI is InChI=1S/C23H25BrF2N6O/c1-13-11-31(12-27-13)19-8-7-18(28-23(19)33-2)21-29-22-16(4-3-9-32(22)30-21)15-6-5-14(24)10-17(15)20(25)26/h5,7-8,10,15-16,20H,3-4,6,9,11-12H2,1-2H3. The maximum Gasteiger partial charge on any atom is 0.260 e. The number of nitrogens with zero attached hydrogens (tertiary/aromatic N) is 6. The Labute approximate surface area is 199 Å². The number of methoxy groups -OCH3 is 1. The lowest BCUT2D eigenvalue weighted by Crippen LogP contribution is -2.27. The third kappa shape index (κ3) is 4.20. The second-order valence-electron chi connectivity index (χ2n) is 8.60. The van der Waals surface area contributed by atoms with Crippen LogP contribution in [-0.2, 0) is 6.54 Å². The molecule has 0 bridgehead atoms. The second-order valence-corrected chi connectivity index (χ2v) is 9.52. The van der Waals surface area contributed by atoms with Crippen molar-refractivity contribution < 1.29 is 13.5 Å². The molecule has 0 N–H and O–H groups in total. The number of anilines is 1. The molecule has 0 amide bonds. The van der Waals surface area contributed by atoms with Crippen molar-refractivity contribution in [2.45, 2.75) is 45.1 Å². The number of aliphatic imine (C=N–C) groups is 1. The molecule has 2 atom stereocenters. The van der Waals surface area contributed by atoms with Crippen LogP contribution in [-0.4, -0.2) is 52.2 Å². The van der Waals surface area contributed by atoms with E-state index in [1.807, 2.05) is 29.8 Å². The van der Waals surface area contributed by atoms with Crippen LogP contribution in [0.1, 0.15) is 37.9 Å². The Balaban J connectivity index is 1.46. The van der Waals surface area contributed by atoms with E-state index in [1.54, 1.807) is 13.2 Å². The Morgan fingerprint density at radius 3 is 2.79 bits per heavy atom. The Hall–Kier alpha value is -2.62. The zero-order valence-electron chi connectivity index (χ0n) is 18.5. The van der Waals surface area contributed by atoms with E-state index >= 15 is 0 Å². The SMILES string of the molecule is COc1nc(-c2nc3n(n2)CCCC3C2CC=C(Br)C=C2C(F)F)ccc1N1CN=C(C)C1. The zero-order chi connectivity index (χ0) is 23.1. The first-order valence-corrected chi connectivity index (χ1v) is 11.8. The number of allylic oxidation sites excluding steroid dienone is 4. The first-order chi connectivity index (χ1) is 15.9. The van der Waals surface area contributed by atoms with Crippen LogP contribution < -0.4 is 9.64 Å². The molecular weight excluding hydrogens is 494 g/mol. The van der Waals surface area contributed by atoms with Gasteiger partial charge in [0.25, 0.3) is 6.43 Å². The highest BCUT2D eigenvalue weighted by Crippen LogP contribution is 2.43. The van der Waals surface area contributed by atoms with E-state index in [4.69, 9.17) is 9.72 Å². The minimum absolute atomic E-state index is 0.108. The van der Waals surface area contributed by atoms with E-state index in [2.05, 4.69) is 35.9 Å². The zero-order valence-corrected chi connectivity index (χ0v) is 20.1. The van der Waals surface area contributed by atoms with Gasteiger partial charge in [0, 0.05) is 28.2 Å². The average molecular weight is 519 g/mol. The third-order valence-electron chi connectivity index (χ3n) is 6.49. The summed E-state index contributed by atoms with van der Waals surface area (Å²) in [5.74, 6) is 1.35. The molecule has 4 heterocycles. The van der Waals surface area contributed by atoms with Crippen LogP contribution in [0.5, 0.6) is 5.88 Å². The number of pyridine rings is 1. The summed E-state index contributed by atoms with van der Waals surface area (Å²) in [4.78, 5) is 16.0. The molecule has 0 saturated heterocycles. The van der Waals surface area contributed by atoms with Crippen molar-refractivity contribution in [1.82, 2.24) is 19.7 Å². The van der Waals surface area contributed by atoms with E-state index in [1.165, 1.54) is 0 Å². The lowest BCUT2D eigenvalue weighted by Gasteiger charge is -2.32. The number of aryl methyl sites for hydroxylation is 1. The van der Waals surface area contributed by atoms with Crippen molar-refractivity contribution >= 4 is 27.3 Å². The van der Waals surface area contributed by atoms with Crippen molar-refractivity contribution in [3.63, 3.8) is 0 Å². The highest BCUT2D eigenvalue weighted by atomic mass is 79.9. The average Bonchev–Trinajstić information content (AvgIpc) is 3.44. The number of alkyl halides is 2. The molecule has 2 aromatic heterocycles. The third-order valence-corrected chi connectivity index (χ3v) is 7.04. The summed E-state index contributed by atoms with van der Waals surface area (Å²) in [6, 6.07) is 3.83. The Morgan fingerprint density at radius 2 is 2.06 bits per heavy atom. The maximum atomic E-state index is 13.8. The molecule has 2 aliphatic heterocycles. The number of fused-ring (bicyclic) bond motifs is 1. The van der Waals surface area contributed by atoms with Crippen LogP contribution in [0.3, 0.4) is 0 Å². The van der Waals surface area contributed by atoms with Gasteiger partial charge in [0.2, 0.25) is 5.88 Å². The maximum absolute atomic E-state index is 13.8. The van der Waals surface area contributed by atoms with Gasteiger partial charge >= 0.3 is 0 Å². The molecular formula is C23H25BrF2N6O. The van der Waals surface area contributed by atoms with E-state index in [0.29, 0.717) is 35.0 Å². The molecule has 174 valence electrons. The summed E-state index contributed by atoms with van der Waals surface area (Å²) < 4.78 is 35.8. The Bertz CT molecular complexity index is 1160. The summed E-state index contributed by atoms with van der Waals surface area (Å²) >= 11 is 3.35. The molecule has 2 aromatic rings. The molecule has 1 aliphatic carbocycles. The van der Waals surface area contributed by atoms with Crippen molar-refractivity contribution in [1.29, 1.82) is 0 Å². The van der Waals surface area contributed by atoms with Crippen LogP contribution >= 0.6 is 15.9 Å². The predicted octanol–water partition coefficient (Wildman–Crippen LogP) is 4.95. The number of hydrogen-bond acceptors (Lipinski definition) is 6. The smallest absolute Gasteiger partial charge is 0.260 e. The van der Waals surface area contributed by atoms with Gasteiger partial charge in [-0.1, -0.05) is 22.0 Å². The van der Waals surface area contributed by atoms with Gasteiger partial charge in [0.1, 0.15) is 23.9 Å². The fourth-order valence-corrected chi connectivity index (χ4v) is 5.34. The van der Waals surface area contributed by atoms with Crippen molar-refractivity contribution in [2.24, 2.45) is 10.9 Å². The molecule has 0 radical (unpaired) electrons. The van der Waals surface area contributed by atoms with E-state index in [0.717, 1.165) is 43.2 Å².